The van der Waals surface area contributed by atoms with Crippen LogP contribution in [0, 0.1) is 0 Å². The fourth-order valence-corrected chi connectivity index (χ4v) is 5.85. The molecule has 2 N–H and O–H groups in total. The van der Waals surface area contributed by atoms with Gasteiger partial charge in [-0.2, -0.15) is 4.31 Å². The van der Waals surface area contributed by atoms with Crippen LogP contribution in [0.2, 0.25) is 0 Å². The van der Waals surface area contributed by atoms with Gasteiger partial charge in [-0.1, -0.05) is 0 Å². The van der Waals surface area contributed by atoms with Crippen molar-refractivity contribution in [1.82, 2.24) is 4.31 Å². The number of rotatable bonds is 3. The van der Waals surface area contributed by atoms with Gasteiger partial charge in [0.1, 0.15) is 4.21 Å². The van der Waals surface area contributed by atoms with E-state index >= 15 is 0 Å². The zero-order chi connectivity index (χ0) is 13.3. The van der Waals surface area contributed by atoms with Gasteiger partial charge in [0.15, 0.2) is 0 Å². The van der Waals surface area contributed by atoms with Gasteiger partial charge in [-0.05, 0) is 53.7 Å². The summed E-state index contributed by atoms with van der Waals surface area (Å²) in [6.45, 7) is 0. The molecule has 0 radical (unpaired) electrons. The van der Waals surface area contributed by atoms with Crippen LogP contribution in [-0.2, 0) is 10.0 Å². The van der Waals surface area contributed by atoms with Gasteiger partial charge in [0, 0.05) is 19.1 Å². The molecule has 2 rings (SSSR count). The molecule has 1 heterocycles. The predicted molar refractivity (Wildman–Crippen MR) is 77.2 cm³/mol. The van der Waals surface area contributed by atoms with Crippen molar-refractivity contribution in [3.8, 4) is 0 Å². The van der Waals surface area contributed by atoms with Gasteiger partial charge in [-0.3, -0.25) is 0 Å². The van der Waals surface area contributed by atoms with Gasteiger partial charge in [0.2, 0.25) is 0 Å². The SMILES string of the molecule is CN(C1CCC(N)CC1)S(=O)(=O)c1ccc(Br)s1. The van der Waals surface area contributed by atoms with E-state index in [2.05, 4.69) is 15.9 Å². The highest BCUT2D eigenvalue weighted by molar-refractivity contribution is 9.11. The summed E-state index contributed by atoms with van der Waals surface area (Å²) in [5, 5.41) is 0. The maximum absolute atomic E-state index is 12.4. The number of nitrogens with two attached hydrogens (primary N) is 1. The Bertz CT molecular complexity index is 507. The second-order valence-electron chi connectivity index (χ2n) is 4.65. The number of sulfonamides is 1. The Morgan fingerprint density at radius 1 is 1.33 bits per heavy atom. The van der Waals surface area contributed by atoms with E-state index in [9.17, 15) is 8.42 Å². The van der Waals surface area contributed by atoms with Crippen molar-refractivity contribution in [1.29, 1.82) is 0 Å². The number of hydrogen-bond donors (Lipinski definition) is 1. The topological polar surface area (TPSA) is 63.4 Å². The zero-order valence-corrected chi connectivity index (χ0v) is 13.4. The number of hydrogen-bond acceptors (Lipinski definition) is 4. The lowest BCUT2D eigenvalue weighted by Gasteiger charge is -2.32. The molecule has 1 aromatic heterocycles. The van der Waals surface area contributed by atoms with Gasteiger partial charge in [-0.25, -0.2) is 8.42 Å². The molecule has 0 bridgehead atoms. The smallest absolute Gasteiger partial charge is 0.252 e. The van der Waals surface area contributed by atoms with E-state index in [1.807, 2.05) is 0 Å². The maximum Gasteiger partial charge on any atom is 0.252 e. The summed E-state index contributed by atoms with van der Waals surface area (Å²) < 4.78 is 27.6. The summed E-state index contributed by atoms with van der Waals surface area (Å²) in [7, 11) is -1.68. The van der Waals surface area contributed by atoms with Crippen LogP contribution in [0.4, 0.5) is 0 Å². The van der Waals surface area contributed by atoms with E-state index in [0.29, 0.717) is 4.21 Å². The van der Waals surface area contributed by atoms with E-state index < -0.39 is 10.0 Å². The van der Waals surface area contributed by atoms with Crippen LogP contribution in [0.15, 0.2) is 20.1 Å². The summed E-state index contributed by atoms with van der Waals surface area (Å²) in [6, 6.07) is 3.72. The Hall–Kier alpha value is 0.0500. The average Bonchev–Trinajstić information content (AvgIpc) is 2.76. The minimum atomic E-state index is -3.35. The quantitative estimate of drug-likeness (QED) is 0.908. The Labute approximate surface area is 120 Å². The lowest BCUT2D eigenvalue weighted by molar-refractivity contribution is 0.269. The van der Waals surface area contributed by atoms with Crippen LogP contribution in [0.5, 0.6) is 0 Å². The van der Waals surface area contributed by atoms with Crippen molar-refractivity contribution in [2.75, 3.05) is 7.05 Å². The van der Waals surface area contributed by atoms with Crippen LogP contribution >= 0.6 is 27.3 Å². The van der Waals surface area contributed by atoms with Gasteiger partial charge in [0.25, 0.3) is 10.0 Å². The molecule has 1 aliphatic rings. The number of thiophene rings is 1. The van der Waals surface area contributed by atoms with Crippen molar-refractivity contribution in [3.63, 3.8) is 0 Å². The highest BCUT2D eigenvalue weighted by Gasteiger charge is 2.31. The van der Waals surface area contributed by atoms with Crippen LogP contribution in [-0.4, -0.2) is 31.9 Å². The molecular weight excluding hydrogens is 336 g/mol. The first-order chi connectivity index (χ1) is 8.41. The second kappa shape index (κ2) is 5.58. The van der Waals surface area contributed by atoms with E-state index in [4.69, 9.17) is 5.73 Å². The first-order valence-corrected chi connectivity index (χ1v) is 8.95. The van der Waals surface area contributed by atoms with E-state index in [1.165, 1.54) is 15.6 Å². The molecule has 4 nitrogen and oxygen atoms in total. The fourth-order valence-electron chi connectivity index (χ4n) is 2.24. The zero-order valence-electron chi connectivity index (χ0n) is 10.2. The molecule has 102 valence electrons. The van der Waals surface area contributed by atoms with Crippen molar-refractivity contribution < 1.29 is 8.42 Å². The standard InChI is InChI=1S/C11H17BrN2O2S2/c1-14(9-4-2-8(13)3-5-9)18(15,16)11-7-6-10(12)17-11/h6-9H,2-5,13H2,1H3. The molecule has 7 heteroatoms. The fraction of sp³-hybridized carbons (Fsp3) is 0.636. The van der Waals surface area contributed by atoms with E-state index in [0.717, 1.165) is 29.5 Å². The first kappa shape index (κ1) is 14.5. The summed E-state index contributed by atoms with van der Waals surface area (Å²) in [6.07, 6.45) is 3.50. The molecular formula is C11H17BrN2O2S2. The summed E-state index contributed by atoms with van der Waals surface area (Å²) >= 11 is 4.55. The Morgan fingerprint density at radius 3 is 2.44 bits per heavy atom. The largest absolute Gasteiger partial charge is 0.328 e. The summed E-state index contributed by atoms with van der Waals surface area (Å²) in [5.41, 5.74) is 5.85. The lowest BCUT2D eigenvalue weighted by Crippen LogP contribution is -2.41. The van der Waals surface area contributed by atoms with Crippen LogP contribution < -0.4 is 5.73 Å². The van der Waals surface area contributed by atoms with E-state index in [1.54, 1.807) is 19.2 Å². The van der Waals surface area contributed by atoms with Crippen LogP contribution in [0.3, 0.4) is 0 Å². The molecule has 0 atom stereocenters. The normalized spacial score (nSPS) is 25.6. The molecule has 0 aliphatic heterocycles. The molecule has 1 aliphatic carbocycles. The third kappa shape index (κ3) is 2.96. The highest BCUT2D eigenvalue weighted by atomic mass is 79.9. The van der Waals surface area contributed by atoms with Crippen LogP contribution in [0.25, 0.3) is 0 Å². The Morgan fingerprint density at radius 2 is 1.94 bits per heavy atom. The third-order valence-electron chi connectivity index (χ3n) is 3.44. The van der Waals surface area contributed by atoms with Gasteiger partial charge in [0.05, 0.1) is 3.79 Å². The van der Waals surface area contributed by atoms with Crippen molar-refractivity contribution in [3.05, 3.63) is 15.9 Å². The monoisotopic (exact) mass is 352 g/mol. The predicted octanol–water partition coefficient (Wildman–Crippen LogP) is 2.40. The van der Waals surface area contributed by atoms with Gasteiger partial charge in [-0.15, -0.1) is 11.3 Å². The number of halogens is 1. The lowest BCUT2D eigenvalue weighted by atomic mass is 9.92. The molecule has 18 heavy (non-hydrogen) atoms. The average molecular weight is 353 g/mol. The van der Waals surface area contributed by atoms with E-state index in [-0.39, 0.29) is 12.1 Å². The Balaban J connectivity index is 2.15. The molecule has 0 saturated heterocycles. The van der Waals surface area contributed by atoms with Crippen LogP contribution in [0.1, 0.15) is 25.7 Å². The minimum absolute atomic E-state index is 0.0793. The molecule has 0 unspecified atom stereocenters. The third-order valence-corrected chi connectivity index (χ3v) is 7.44. The Kier molecular flexibility index (Phi) is 4.48. The summed E-state index contributed by atoms with van der Waals surface area (Å²) in [5.74, 6) is 0. The first-order valence-electron chi connectivity index (χ1n) is 5.90. The van der Waals surface area contributed by atoms with Crippen molar-refractivity contribution in [2.24, 2.45) is 5.73 Å². The minimum Gasteiger partial charge on any atom is -0.328 e. The maximum atomic E-state index is 12.4. The molecule has 1 fully saturated rings. The van der Waals surface area contributed by atoms with Crippen molar-refractivity contribution >= 4 is 37.3 Å². The highest BCUT2D eigenvalue weighted by Crippen LogP contribution is 2.31. The molecule has 0 spiro atoms. The second-order valence-corrected chi connectivity index (χ2v) is 9.34. The molecule has 1 saturated carbocycles. The summed E-state index contributed by atoms with van der Waals surface area (Å²) in [4.78, 5) is 0. The van der Waals surface area contributed by atoms with Crippen molar-refractivity contribution in [2.45, 2.75) is 42.0 Å². The molecule has 1 aromatic rings. The molecule has 0 amide bonds. The van der Waals surface area contributed by atoms with Gasteiger partial charge >= 0.3 is 0 Å². The number of nitrogens with zero attached hydrogens (tertiary/aromatic N) is 1. The van der Waals surface area contributed by atoms with Gasteiger partial charge < -0.3 is 5.73 Å². The molecule has 0 aromatic carbocycles.